The number of ether oxygens (including phenoxy) is 2. The maximum Gasteiger partial charge on any atom is 0.0991 e. The van der Waals surface area contributed by atoms with Crippen LogP contribution in [0, 0.1) is 5.92 Å². The van der Waals surface area contributed by atoms with Crippen molar-refractivity contribution in [3.05, 3.63) is 11.6 Å². The third-order valence-corrected chi connectivity index (χ3v) is 5.33. The van der Waals surface area contributed by atoms with Crippen LogP contribution < -0.4 is 0 Å². The highest BCUT2D eigenvalue weighted by Crippen LogP contribution is 2.24. The zero-order chi connectivity index (χ0) is 16.5. The fourth-order valence-corrected chi connectivity index (χ4v) is 3.79. The molecule has 0 spiro atoms. The molecule has 1 fully saturated rings. The van der Waals surface area contributed by atoms with Crippen LogP contribution in [0.3, 0.4) is 0 Å². The molecule has 2 aliphatic carbocycles. The molecule has 0 aromatic heterocycles. The Bertz CT molecular complexity index is 350. The van der Waals surface area contributed by atoms with Crippen molar-refractivity contribution in [2.75, 3.05) is 26.4 Å². The van der Waals surface area contributed by atoms with E-state index in [2.05, 4.69) is 31.7 Å². The van der Waals surface area contributed by atoms with Crippen LogP contribution in [0.2, 0.25) is 0 Å². The minimum Gasteiger partial charge on any atom is -0.373 e. The summed E-state index contributed by atoms with van der Waals surface area (Å²) in [6.45, 7) is 10.3. The molecule has 2 rings (SSSR count). The zero-order valence-electron chi connectivity index (χ0n) is 15.6. The molecule has 2 aliphatic rings. The highest BCUT2D eigenvalue weighted by atomic mass is 16.5. The van der Waals surface area contributed by atoms with E-state index in [1.165, 1.54) is 50.6 Å². The summed E-state index contributed by atoms with van der Waals surface area (Å²) in [5.41, 5.74) is 1.51. The van der Waals surface area contributed by atoms with E-state index < -0.39 is 0 Å². The number of allylic oxidation sites excluding steroid dienone is 1. The van der Waals surface area contributed by atoms with Gasteiger partial charge >= 0.3 is 0 Å². The van der Waals surface area contributed by atoms with E-state index in [0.29, 0.717) is 12.7 Å². The number of rotatable bonds is 9. The molecular formula is C20H37NO2. The maximum absolute atomic E-state index is 6.12. The fraction of sp³-hybridized carbons (Fsp3) is 0.900. The molecule has 0 bridgehead atoms. The van der Waals surface area contributed by atoms with Gasteiger partial charge in [-0.25, -0.2) is 0 Å². The Morgan fingerprint density at radius 3 is 2.65 bits per heavy atom. The van der Waals surface area contributed by atoms with Crippen LogP contribution in [0.25, 0.3) is 0 Å². The summed E-state index contributed by atoms with van der Waals surface area (Å²) in [6, 6.07) is 0. The van der Waals surface area contributed by atoms with E-state index in [9.17, 15) is 0 Å². The van der Waals surface area contributed by atoms with Crippen molar-refractivity contribution in [2.24, 2.45) is 5.92 Å². The lowest BCUT2D eigenvalue weighted by Crippen LogP contribution is -2.34. The Morgan fingerprint density at radius 1 is 1.22 bits per heavy atom. The maximum atomic E-state index is 6.12. The van der Waals surface area contributed by atoms with Gasteiger partial charge in [0.1, 0.15) is 0 Å². The molecule has 23 heavy (non-hydrogen) atoms. The second-order valence-corrected chi connectivity index (χ2v) is 7.57. The first-order valence-corrected chi connectivity index (χ1v) is 9.78. The lowest BCUT2D eigenvalue weighted by Gasteiger charge is -2.29. The van der Waals surface area contributed by atoms with Crippen molar-refractivity contribution in [2.45, 2.75) is 84.3 Å². The van der Waals surface area contributed by atoms with Gasteiger partial charge in [0, 0.05) is 6.54 Å². The molecule has 134 valence electrons. The average Bonchev–Trinajstić information content (AvgIpc) is 2.57. The minimum absolute atomic E-state index is 0.195. The second-order valence-electron chi connectivity index (χ2n) is 7.57. The number of nitrogens with zero attached hydrogens (tertiary/aromatic N) is 1. The smallest absolute Gasteiger partial charge is 0.0991 e. The van der Waals surface area contributed by atoms with Gasteiger partial charge in [-0.05, 0) is 58.4 Å². The molecule has 3 heteroatoms. The predicted octanol–water partition coefficient (Wildman–Crippen LogP) is 4.77. The fourth-order valence-electron chi connectivity index (χ4n) is 3.79. The van der Waals surface area contributed by atoms with Crippen LogP contribution in [-0.2, 0) is 9.47 Å². The molecule has 0 N–H and O–H groups in total. The highest BCUT2D eigenvalue weighted by molar-refractivity contribution is 5.03. The van der Waals surface area contributed by atoms with Gasteiger partial charge < -0.3 is 9.47 Å². The first kappa shape index (κ1) is 19.0. The summed E-state index contributed by atoms with van der Waals surface area (Å²) in [5.74, 6) is 0.887. The van der Waals surface area contributed by atoms with Crippen molar-refractivity contribution in [3.8, 4) is 0 Å². The molecular weight excluding hydrogens is 286 g/mol. The van der Waals surface area contributed by atoms with Gasteiger partial charge in [0.15, 0.2) is 0 Å². The summed E-state index contributed by atoms with van der Waals surface area (Å²) in [6.07, 6.45) is 13.4. The first-order valence-electron chi connectivity index (χ1n) is 9.78. The quantitative estimate of drug-likeness (QED) is 0.451. The highest BCUT2D eigenvalue weighted by Gasteiger charge is 2.18. The normalized spacial score (nSPS) is 24.7. The summed E-state index contributed by atoms with van der Waals surface area (Å²) >= 11 is 0. The molecule has 0 amide bonds. The Balaban J connectivity index is 1.58. The molecule has 1 saturated carbocycles. The summed E-state index contributed by atoms with van der Waals surface area (Å²) in [5, 5.41) is 0. The molecule has 0 heterocycles. The van der Waals surface area contributed by atoms with E-state index in [1.807, 2.05) is 0 Å². The predicted molar refractivity (Wildman–Crippen MR) is 96.6 cm³/mol. The summed E-state index contributed by atoms with van der Waals surface area (Å²) < 4.78 is 12.1. The van der Waals surface area contributed by atoms with Gasteiger partial charge in [-0.15, -0.1) is 0 Å². The Labute approximate surface area is 143 Å². The Hall–Kier alpha value is -0.380. The van der Waals surface area contributed by atoms with Crippen molar-refractivity contribution in [3.63, 3.8) is 0 Å². The molecule has 0 radical (unpaired) electrons. The van der Waals surface area contributed by atoms with Crippen LogP contribution in [0.5, 0.6) is 0 Å². The van der Waals surface area contributed by atoms with E-state index in [4.69, 9.17) is 9.47 Å². The van der Waals surface area contributed by atoms with E-state index in [0.717, 1.165) is 32.0 Å². The topological polar surface area (TPSA) is 21.7 Å². The van der Waals surface area contributed by atoms with Gasteiger partial charge in [0.05, 0.1) is 25.5 Å². The second kappa shape index (κ2) is 10.5. The van der Waals surface area contributed by atoms with E-state index in [-0.39, 0.29) is 6.10 Å². The van der Waals surface area contributed by atoms with Crippen molar-refractivity contribution in [1.82, 2.24) is 4.90 Å². The molecule has 2 unspecified atom stereocenters. The van der Waals surface area contributed by atoms with Crippen LogP contribution >= 0.6 is 0 Å². The van der Waals surface area contributed by atoms with Gasteiger partial charge in [-0.2, -0.15) is 0 Å². The third kappa shape index (κ3) is 7.36. The van der Waals surface area contributed by atoms with Gasteiger partial charge in [0.25, 0.3) is 0 Å². The molecule has 0 aromatic carbocycles. The van der Waals surface area contributed by atoms with Crippen LogP contribution in [0.1, 0.15) is 72.1 Å². The standard InChI is InChI=1S/C20H37NO2/c1-4-21(14-19-8-6-5-7-9-19)16-22-15-18(3)23-20-12-10-17(2)11-13-20/h10,18-20H,4-9,11-16H2,1-3H3. The lowest BCUT2D eigenvalue weighted by molar-refractivity contribution is -0.0720. The Morgan fingerprint density at radius 2 is 2.00 bits per heavy atom. The SMILES string of the molecule is CCN(COCC(C)OC1CC=C(C)CC1)CC1CCCCC1. The molecule has 0 aliphatic heterocycles. The van der Waals surface area contributed by atoms with E-state index in [1.54, 1.807) is 0 Å². The van der Waals surface area contributed by atoms with Gasteiger partial charge in [-0.1, -0.05) is 37.8 Å². The van der Waals surface area contributed by atoms with Crippen LogP contribution in [-0.4, -0.2) is 43.5 Å². The van der Waals surface area contributed by atoms with Crippen LogP contribution in [0.4, 0.5) is 0 Å². The van der Waals surface area contributed by atoms with Crippen molar-refractivity contribution >= 4 is 0 Å². The van der Waals surface area contributed by atoms with Gasteiger partial charge in [-0.3, -0.25) is 4.90 Å². The molecule has 0 aromatic rings. The molecule has 3 nitrogen and oxygen atoms in total. The van der Waals surface area contributed by atoms with E-state index >= 15 is 0 Å². The molecule has 0 saturated heterocycles. The summed E-state index contributed by atoms with van der Waals surface area (Å²) in [7, 11) is 0. The monoisotopic (exact) mass is 323 g/mol. The third-order valence-electron chi connectivity index (χ3n) is 5.33. The lowest BCUT2D eigenvalue weighted by atomic mass is 9.89. The minimum atomic E-state index is 0.195. The Kier molecular flexibility index (Phi) is 8.63. The number of hydrogen-bond acceptors (Lipinski definition) is 3. The van der Waals surface area contributed by atoms with Gasteiger partial charge in [0.2, 0.25) is 0 Å². The molecule has 2 atom stereocenters. The summed E-state index contributed by atoms with van der Waals surface area (Å²) in [4.78, 5) is 2.45. The largest absolute Gasteiger partial charge is 0.373 e. The number of hydrogen-bond donors (Lipinski definition) is 0. The van der Waals surface area contributed by atoms with Crippen molar-refractivity contribution < 1.29 is 9.47 Å². The van der Waals surface area contributed by atoms with Crippen molar-refractivity contribution in [1.29, 1.82) is 0 Å². The zero-order valence-corrected chi connectivity index (χ0v) is 15.6. The first-order chi connectivity index (χ1) is 11.2. The van der Waals surface area contributed by atoms with Crippen LogP contribution in [0.15, 0.2) is 11.6 Å². The average molecular weight is 324 g/mol.